The second-order valence-electron chi connectivity index (χ2n) is 5.05. The Labute approximate surface area is 151 Å². The summed E-state index contributed by atoms with van der Waals surface area (Å²) in [5.41, 5.74) is 0.971. The minimum Gasteiger partial charge on any atom is -0.316 e. The third-order valence-corrected chi connectivity index (χ3v) is 4.44. The van der Waals surface area contributed by atoms with Crippen LogP contribution in [-0.4, -0.2) is 15.7 Å². The maximum absolute atomic E-state index is 12.1. The van der Waals surface area contributed by atoms with Crippen LogP contribution < -0.4 is 10.9 Å². The van der Waals surface area contributed by atoms with Crippen LogP contribution in [0.15, 0.2) is 53.3 Å². The van der Waals surface area contributed by atoms with Crippen molar-refractivity contribution in [1.29, 1.82) is 5.26 Å². The van der Waals surface area contributed by atoms with Gasteiger partial charge in [-0.2, -0.15) is 10.4 Å². The largest absolute Gasteiger partial charge is 0.316 e. The lowest BCUT2D eigenvalue weighted by atomic mass is 10.1. The summed E-state index contributed by atoms with van der Waals surface area (Å²) in [7, 11) is 0. The van der Waals surface area contributed by atoms with Crippen molar-refractivity contribution in [3.05, 3.63) is 68.8 Å². The summed E-state index contributed by atoms with van der Waals surface area (Å²) in [4.78, 5) is 24.6. The molecule has 0 aliphatic heterocycles. The van der Waals surface area contributed by atoms with E-state index in [4.69, 9.17) is 16.9 Å². The van der Waals surface area contributed by atoms with Gasteiger partial charge in [-0.25, -0.2) is 4.68 Å². The van der Waals surface area contributed by atoms with Gasteiger partial charge in [0.05, 0.1) is 10.7 Å². The Morgan fingerprint density at radius 1 is 1.20 bits per heavy atom. The van der Waals surface area contributed by atoms with Crippen LogP contribution in [0.5, 0.6) is 0 Å². The fraction of sp³-hybridized carbons (Fsp3) is 0.0588. The minimum absolute atomic E-state index is 0.222. The summed E-state index contributed by atoms with van der Waals surface area (Å²) in [6, 6.07) is 15.2. The molecule has 0 radical (unpaired) electrons. The van der Waals surface area contributed by atoms with Gasteiger partial charge in [0.2, 0.25) is 5.91 Å². The number of nitrogens with one attached hydrogen (secondary N) is 1. The number of carbonyl (C=O) groups excluding carboxylic acids is 1. The van der Waals surface area contributed by atoms with Gasteiger partial charge in [0.15, 0.2) is 0 Å². The minimum atomic E-state index is -0.394. The summed E-state index contributed by atoms with van der Waals surface area (Å²) in [5.74, 6) is -0.394. The van der Waals surface area contributed by atoms with Gasteiger partial charge < -0.3 is 5.32 Å². The molecule has 0 aliphatic rings. The molecular weight excluding hydrogens is 360 g/mol. The first-order chi connectivity index (χ1) is 12.0. The van der Waals surface area contributed by atoms with Crippen molar-refractivity contribution in [2.45, 2.75) is 6.54 Å². The normalized spacial score (nSPS) is 10.2. The summed E-state index contributed by atoms with van der Waals surface area (Å²) in [6.45, 7) is -0.222. The summed E-state index contributed by atoms with van der Waals surface area (Å²) in [5, 5.41) is 16.8. The van der Waals surface area contributed by atoms with E-state index in [2.05, 4.69) is 10.4 Å². The van der Waals surface area contributed by atoms with Crippen molar-refractivity contribution in [3.8, 4) is 17.3 Å². The number of carbonyl (C=O) groups is 1. The molecule has 0 aliphatic carbocycles. The number of hydrogen-bond acceptors (Lipinski definition) is 5. The molecule has 124 valence electrons. The van der Waals surface area contributed by atoms with Crippen molar-refractivity contribution >= 4 is 33.8 Å². The molecule has 2 aromatic heterocycles. The monoisotopic (exact) mass is 370 g/mol. The molecule has 25 heavy (non-hydrogen) atoms. The molecule has 8 heteroatoms. The molecule has 0 spiro atoms. The molecule has 0 unspecified atom stereocenters. The Kier molecular flexibility index (Phi) is 4.93. The molecule has 1 aromatic carbocycles. The van der Waals surface area contributed by atoms with Gasteiger partial charge in [0.25, 0.3) is 5.56 Å². The number of nitriles is 1. The number of halogens is 1. The number of hydrogen-bond donors (Lipinski definition) is 1. The van der Waals surface area contributed by atoms with E-state index < -0.39 is 5.91 Å². The quantitative estimate of drug-likeness (QED) is 0.764. The topological polar surface area (TPSA) is 87.8 Å². The summed E-state index contributed by atoms with van der Waals surface area (Å²) in [6.07, 6.45) is 0. The van der Waals surface area contributed by atoms with E-state index in [1.54, 1.807) is 42.5 Å². The van der Waals surface area contributed by atoms with Crippen molar-refractivity contribution in [2.24, 2.45) is 0 Å². The Morgan fingerprint density at radius 3 is 2.64 bits per heavy atom. The number of nitrogens with zero attached hydrogens (tertiary/aromatic N) is 3. The van der Waals surface area contributed by atoms with Crippen molar-refractivity contribution < 1.29 is 4.79 Å². The van der Waals surface area contributed by atoms with Gasteiger partial charge >= 0.3 is 0 Å². The lowest BCUT2D eigenvalue weighted by Crippen LogP contribution is -2.29. The maximum Gasteiger partial charge on any atom is 0.267 e. The van der Waals surface area contributed by atoms with E-state index in [-0.39, 0.29) is 12.1 Å². The Hall–Kier alpha value is -2.95. The molecule has 2 heterocycles. The number of thiophene rings is 1. The number of aromatic nitrogens is 2. The highest BCUT2D eigenvalue weighted by atomic mass is 35.5. The van der Waals surface area contributed by atoms with E-state index in [0.717, 1.165) is 21.6 Å². The maximum atomic E-state index is 12.1. The Morgan fingerprint density at radius 2 is 1.96 bits per heavy atom. The lowest BCUT2D eigenvalue weighted by molar-refractivity contribution is -0.116. The predicted octanol–water partition coefficient (Wildman–Crippen LogP) is 3.14. The number of anilines is 1. The van der Waals surface area contributed by atoms with E-state index in [1.807, 2.05) is 6.07 Å². The number of rotatable bonds is 4. The fourth-order valence-electron chi connectivity index (χ4n) is 2.11. The highest BCUT2D eigenvalue weighted by molar-refractivity contribution is 7.16. The zero-order valence-corrected chi connectivity index (χ0v) is 14.3. The van der Waals surface area contributed by atoms with Crippen LogP contribution in [0.3, 0.4) is 0 Å². The van der Waals surface area contributed by atoms with Crippen molar-refractivity contribution in [3.63, 3.8) is 0 Å². The third kappa shape index (κ3) is 4.12. The van der Waals surface area contributed by atoms with Gasteiger partial charge in [0.1, 0.15) is 17.5 Å². The first-order valence-electron chi connectivity index (χ1n) is 7.19. The van der Waals surface area contributed by atoms with Crippen LogP contribution in [0.25, 0.3) is 11.3 Å². The SMILES string of the molecule is N#Cc1ccc(NC(=O)Cn2nc(-c3ccc(Cl)cc3)ccc2=O)s1. The van der Waals surface area contributed by atoms with Crippen LogP contribution in [0.4, 0.5) is 5.00 Å². The first-order valence-corrected chi connectivity index (χ1v) is 8.38. The van der Waals surface area contributed by atoms with Crippen molar-refractivity contribution in [2.75, 3.05) is 5.32 Å². The zero-order chi connectivity index (χ0) is 17.8. The summed E-state index contributed by atoms with van der Waals surface area (Å²) < 4.78 is 1.10. The molecule has 1 N–H and O–H groups in total. The molecule has 0 saturated heterocycles. The smallest absolute Gasteiger partial charge is 0.267 e. The van der Waals surface area contributed by atoms with Crippen molar-refractivity contribution in [1.82, 2.24) is 9.78 Å². The second-order valence-corrected chi connectivity index (χ2v) is 6.57. The Balaban J connectivity index is 1.78. The summed E-state index contributed by atoms with van der Waals surface area (Å²) >= 11 is 7.03. The number of amides is 1. The predicted molar refractivity (Wildman–Crippen MR) is 96.6 cm³/mol. The van der Waals surface area contributed by atoms with E-state index in [0.29, 0.717) is 20.6 Å². The third-order valence-electron chi connectivity index (χ3n) is 3.28. The van der Waals surface area contributed by atoms with Gasteiger partial charge in [-0.3, -0.25) is 9.59 Å². The van der Waals surface area contributed by atoms with E-state index >= 15 is 0 Å². The van der Waals surface area contributed by atoms with Crippen LogP contribution in [0, 0.1) is 11.3 Å². The first kappa shape index (κ1) is 16.9. The fourth-order valence-corrected chi connectivity index (χ4v) is 2.96. The highest BCUT2D eigenvalue weighted by Crippen LogP contribution is 2.21. The molecule has 3 aromatic rings. The van der Waals surface area contributed by atoms with E-state index in [1.165, 1.54) is 6.07 Å². The Bertz CT molecular complexity index is 1020. The van der Waals surface area contributed by atoms with Crippen LogP contribution >= 0.6 is 22.9 Å². The van der Waals surface area contributed by atoms with Gasteiger partial charge in [-0.1, -0.05) is 23.7 Å². The van der Waals surface area contributed by atoms with Gasteiger partial charge in [0, 0.05) is 16.7 Å². The van der Waals surface area contributed by atoms with E-state index in [9.17, 15) is 9.59 Å². The lowest BCUT2D eigenvalue weighted by Gasteiger charge is -2.07. The average molecular weight is 371 g/mol. The van der Waals surface area contributed by atoms with Crippen LogP contribution in [0.1, 0.15) is 4.88 Å². The standard InChI is InChI=1S/C17H11ClN4O2S/c18-12-3-1-11(2-4-12)14-6-8-17(24)22(21-14)10-15(23)20-16-7-5-13(9-19)25-16/h1-8H,10H2,(H,20,23). The molecule has 0 saturated carbocycles. The molecule has 0 atom stereocenters. The van der Waals surface area contributed by atoms with Gasteiger partial charge in [-0.05, 0) is 30.3 Å². The van der Waals surface area contributed by atoms with Crippen LogP contribution in [-0.2, 0) is 11.3 Å². The average Bonchev–Trinajstić information content (AvgIpc) is 3.05. The second kappa shape index (κ2) is 7.30. The molecule has 1 amide bonds. The highest BCUT2D eigenvalue weighted by Gasteiger charge is 2.10. The van der Waals surface area contributed by atoms with Gasteiger partial charge in [-0.15, -0.1) is 11.3 Å². The zero-order valence-electron chi connectivity index (χ0n) is 12.8. The van der Waals surface area contributed by atoms with Crippen LogP contribution in [0.2, 0.25) is 5.02 Å². The molecule has 3 rings (SSSR count). The molecule has 6 nitrogen and oxygen atoms in total. The number of benzene rings is 1. The molecular formula is C17H11ClN4O2S. The molecule has 0 fully saturated rings. The molecule has 0 bridgehead atoms.